The minimum atomic E-state index is -0.223. The predicted octanol–water partition coefficient (Wildman–Crippen LogP) is 6.04. The minimum absolute atomic E-state index is 0.223. The molecule has 0 aliphatic carbocycles. The highest BCUT2D eigenvalue weighted by Gasteiger charge is 2.14. The number of amides is 1. The summed E-state index contributed by atoms with van der Waals surface area (Å²) in [6, 6.07) is 19.6. The van der Waals surface area contributed by atoms with Crippen LogP contribution in [0.2, 0.25) is 0 Å². The molecule has 7 heteroatoms. The molecule has 0 unspecified atom stereocenters. The molecule has 0 bridgehead atoms. The van der Waals surface area contributed by atoms with Crippen molar-refractivity contribution < 1.29 is 4.79 Å². The maximum absolute atomic E-state index is 12.8. The molecule has 5 nitrogen and oxygen atoms in total. The average Bonchev–Trinajstić information content (AvgIpc) is 3.43. The number of aromatic nitrogens is 3. The maximum atomic E-state index is 12.8. The van der Waals surface area contributed by atoms with Gasteiger partial charge in [0, 0.05) is 28.4 Å². The van der Waals surface area contributed by atoms with Gasteiger partial charge in [0.1, 0.15) is 26.1 Å². The van der Waals surface area contributed by atoms with Crippen molar-refractivity contribution in [2.24, 2.45) is 0 Å². The number of carbonyl (C=O) groups is 1. The number of hydrogen-bond donors (Lipinski definition) is 1. The molecule has 0 fully saturated rings. The molecular weight excluding hydrogens is 412 g/mol. The molecule has 0 spiro atoms. The zero-order valence-electron chi connectivity index (χ0n) is 16.0. The van der Waals surface area contributed by atoms with Gasteiger partial charge in [0.25, 0.3) is 5.91 Å². The van der Waals surface area contributed by atoms with Crippen LogP contribution < -0.4 is 5.32 Å². The second-order valence-electron chi connectivity index (χ2n) is 6.73. The summed E-state index contributed by atoms with van der Waals surface area (Å²) in [5, 5.41) is 6.49. The molecule has 3 heterocycles. The van der Waals surface area contributed by atoms with Crippen LogP contribution in [0.5, 0.6) is 0 Å². The highest BCUT2D eigenvalue weighted by molar-refractivity contribution is 7.21. The highest BCUT2D eigenvalue weighted by atomic mass is 32.1. The summed E-state index contributed by atoms with van der Waals surface area (Å²) < 4.78 is 0. The Kier molecular flexibility index (Phi) is 4.82. The Hall–Kier alpha value is -3.42. The fraction of sp³-hybridized carbons (Fsp3) is 0.0435. The minimum Gasteiger partial charge on any atom is -0.320 e. The molecule has 0 saturated carbocycles. The lowest BCUT2D eigenvalue weighted by atomic mass is 10.1. The summed E-state index contributed by atoms with van der Waals surface area (Å²) in [6.07, 6.45) is 1.77. The van der Waals surface area contributed by atoms with Crippen LogP contribution in [0, 0.1) is 6.92 Å². The van der Waals surface area contributed by atoms with Gasteiger partial charge in [0.05, 0.1) is 0 Å². The van der Waals surface area contributed by atoms with E-state index in [2.05, 4.69) is 20.3 Å². The van der Waals surface area contributed by atoms with Crippen LogP contribution in [0.15, 0.2) is 72.2 Å². The summed E-state index contributed by atoms with van der Waals surface area (Å²) >= 11 is 3.00. The molecule has 0 atom stereocenters. The van der Waals surface area contributed by atoms with E-state index in [0.29, 0.717) is 5.69 Å². The first-order chi connectivity index (χ1) is 14.7. The van der Waals surface area contributed by atoms with Gasteiger partial charge < -0.3 is 5.32 Å². The van der Waals surface area contributed by atoms with Crippen molar-refractivity contribution in [3.8, 4) is 21.1 Å². The van der Waals surface area contributed by atoms with E-state index in [-0.39, 0.29) is 5.91 Å². The number of carbonyl (C=O) groups excluding carboxylic acids is 1. The van der Waals surface area contributed by atoms with Gasteiger partial charge in [-0.15, -0.1) is 11.3 Å². The molecule has 2 aromatic carbocycles. The average molecular weight is 429 g/mol. The number of benzene rings is 2. The fourth-order valence-corrected chi connectivity index (χ4v) is 4.77. The van der Waals surface area contributed by atoms with Crippen molar-refractivity contribution in [1.82, 2.24) is 15.0 Å². The van der Waals surface area contributed by atoms with Crippen molar-refractivity contribution in [2.45, 2.75) is 6.92 Å². The van der Waals surface area contributed by atoms with Gasteiger partial charge in [-0.25, -0.2) is 15.0 Å². The molecule has 5 rings (SSSR count). The Bertz CT molecular complexity index is 1330. The zero-order chi connectivity index (χ0) is 20.5. The fourth-order valence-electron chi connectivity index (χ4n) is 3.06. The number of aryl methyl sites for hydroxylation is 1. The van der Waals surface area contributed by atoms with Gasteiger partial charge in [-0.1, -0.05) is 53.8 Å². The predicted molar refractivity (Wildman–Crippen MR) is 123 cm³/mol. The summed E-state index contributed by atoms with van der Waals surface area (Å²) in [4.78, 5) is 27.2. The van der Waals surface area contributed by atoms with E-state index in [4.69, 9.17) is 0 Å². The van der Waals surface area contributed by atoms with E-state index in [1.807, 2.05) is 67.6 Å². The number of fused-ring (bicyclic) bond motifs is 1. The second kappa shape index (κ2) is 7.78. The highest BCUT2D eigenvalue weighted by Crippen LogP contribution is 2.32. The van der Waals surface area contributed by atoms with Gasteiger partial charge in [-0.2, -0.15) is 0 Å². The topological polar surface area (TPSA) is 67.8 Å². The lowest BCUT2D eigenvalue weighted by Crippen LogP contribution is -2.13. The first-order valence-corrected chi connectivity index (χ1v) is 11.0. The van der Waals surface area contributed by atoms with Crippen LogP contribution >= 0.6 is 22.7 Å². The molecule has 30 heavy (non-hydrogen) atoms. The summed E-state index contributed by atoms with van der Waals surface area (Å²) in [7, 11) is 0. The molecular formula is C23H16N4OS2. The van der Waals surface area contributed by atoms with Crippen molar-refractivity contribution in [3.05, 3.63) is 83.5 Å². The van der Waals surface area contributed by atoms with E-state index in [1.165, 1.54) is 22.7 Å². The van der Waals surface area contributed by atoms with Gasteiger partial charge >= 0.3 is 0 Å². The maximum Gasteiger partial charge on any atom is 0.275 e. The van der Waals surface area contributed by atoms with Crippen LogP contribution in [-0.2, 0) is 0 Å². The third kappa shape index (κ3) is 3.60. The normalized spacial score (nSPS) is 11.0. The van der Waals surface area contributed by atoms with Crippen LogP contribution in [-0.4, -0.2) is 20.9 Å². The Morgan fingerprint density at radius 1 is 0.933 bits per heavy atom. The van der Waals surface area contributed by atoms with Crippen molar-refractivity contribution in [1.29, 1.82) is 0 Å². The number of rotatable bonds is 4. The third-order valence-electron chi connectivity index (χ3n) is 4.66. The third-order valence-corrected chi connectivity index (χ3v) is 6.58. The van der Waals surface area contributed by atoms with E-state index in [0.717, 1.165) is 42.7 Å². The van der Waals surface area contributed by atoms with Crippen molar-refractivity contribution in [2.75, 3.05) is 5.32 Å². The molecule has 3 aromatic heterocycles. The van der Waals surface area contributed by atoms with Crippen LogP contribution in [0.4, 0.5) is 5.69 Å². The number of hydrogen-bond acceptors (Lipinski definition) is 6. The molecule has 0 saturated heterocycles. The van der Waals surface area contributed by atoms with Gasteiger partial charge in [-0.3, -0.25) is 4.79 Å². The van der Waals surface area contributed by atoms with Crippen molar-refractivity contribution in [3.63, 3.8) is 0 Å². The number of thiazole rings is 2. The monoisotopic (exact) mass is 428 g/mol. The Morgan fingerprint density at radius 2 is 1.80 bits per heavy atom. The largest absolute Gasteiger partial charge is 0.320 e. The van der Waals surface area contributed by atoms with Crippen LogP contribution in [0.3, 0.4) is 0 Å². The molecule has 5 aromatic rings. The zero-order valence-corrected chi connectivity index (χ0v) is 17.6. The Labute approximate surface area is 181 Å². The number of nitrogens with one attached hydrogen (secondary N) is 1. The lowest BCUT2D eigenvalue weighted by Gasteiger charge is -2.09. The second-order valence-corrected chi connectivity index (χ2v) is 8.57. The molecule has 0 aliphatic heterocycles. The van der Waals surface area contributed by atoms with E-state index < -0.39 is 0 Å². The first-order valence-electron chi connectivity index (χ1n) is 9.32. The standard InChI is InChI=1S/C23H16N4OS2/c1-14-9-10-16(22-26-17-8-5-11-24-23(17)30-22)12-18(14)25-20(28)19-13-29-21(27-19)15-6-3-2-4-7-15/h2-13H,1H3,(H,25,28). The quantitative estimate of drug-likeness (QED) is 0.379. The van der Waals surface area contributed by atoms with Crippen LogP contribution in [0.1, 0.15) is 16.1 Å². The van der Waals surface area contributed by atoms with Gasteiger partial charge in [0.2, 0.25) is 0 Å². The molecule has 146 valence electrons. The number of anilines is 1. The summed E-state index contributed by atoms with van der Waals surface area (Å²) in [6.45, 7) is 1.97. The Morgan fingerprint density at radius 3 is 2.63 bits per heavy atom. The Balaban J connectivity index is 1.41. The first kappa shape index (κ1) is 18.6. The molecule has 0 aliphatic rings. The van der Waals surface area contributed by atoms with Gasteiger partial charge in [0.15, 0.2) is 0 Å². The van der Waals surface area contributed by atoms with Crippen molar-refractivity contribution >= 4 is 44.6 Å². The van der Waals surface area contributed by atoms with E-state index in [1.54, 1.807) is 11.6 Å². The van der Waals surface area contributed by atoms with E-state index >= 15 is 0 Å². The SMILES string of the molecule is Cc1ccc(-c2nc3cccnc3s2)cc1NC(=O)c1csc(-c2ccccc2)n1. The lowest BCUT2D eigenvalue weighted by molar-refractivity contribution is 0.102. The van der Waals surface area contributed by atoms with E-state index in [9.17, 15) is 4.79 Å². The molecule has 1 amide bonds. The number of pyridine rings is 1. The van der Waals surface area contributed by atoms with Crippen LogP contribution in [0.25, 0.3) is 31.5 Å². The smallest absolute Gasteiger partial charge is 0.275 e. The molecule has 0 radical (unpaired) electrons. The summed E-state index contributed by atoms with van der Waals surface area (Å²) in [5.41, 5.74) is 4.96. The molecule has 1 N–H and O–H groups in total. The van der Waals surface area contributed by atoms with Gasteiger partial charge in [-0.05, 0) is 30.7 Å². The summed E-state index contributed by atoms with van der Waals surface area (Å²) in [5.74, 6) is -0.223. The number of nitrogens with zero attached hydrogens (tertiary/aromatic N) is 3.